The molecule has 1 aromatic heterocycles. The van der Waals surface area contributed by atoms with Crippen molar-refractivity contribution in [3.05, 3.63) is 29.5 Å². The standard InChI is InChI=1S/C14H18N2O2/c1-8(2)12-10(11-7-16-18-14(11)15)6-5-9(3)13(12)17-4/h5-8H,15H2,1-4H3. The Hall–Kier alpha value is -1.97. The largest absolute Gasteiger partial charge is 0.496 e. The number of benzene rings is 1. The molecule has 0 radical (unpaired) electrons. The van der Waals surface area contributed by atoms with Crippen LogP contribution in [0.3, 0.4) is 0 Å². The Kier molecular flexibility index (Phi) is 3.28. The zero-order chi connectivity index (χ0) is 13.3. The summed E-state index contributed by atoms with van der Waals surface area (Å²) in [6.45, 7) is 6.29. The Morgan fingerprint density at radius 1 is 1.28 bits per heavy atom. The van der Waals surface area contributed by atoms with Crippen LogP contribution in [0.15, 0.2) is 22.9 Å². The van der Waals surface area contributed by atoms with Crippen molar-refractivity contribution < 1.29 is 9.26 Å². The van der Waals surface area contributed by atoms with E-state index in [1.165, 1.54) is 0 Å². The number of hydrogen-bond acceptors (Lipinski definition) is 4. The van der Waals surface area contributed by atoms with Gasteiger partial charge in [-0.05, 0) is 24.0 Å². The fourth-order valence-electron chi connectivity index (χ4n) is 2.24. The third kappa shape index (κ3) is 1.94. The molecule has 2 rings (SSSR count). The van der Waals surface area contributed by atoms with E-state index in [0.29, 0.717) is 11.8 Å². The van der Waals surface area contributed by atoms with Crippen molar-refractivity contribution in [3.63, 3.8) is 0 Å². The van der Waals surface area contributed by atoms with Crippen LogP contribution in [0, 0.1) is 6.92 Å². The van der Waals surface area contributed by atoms with Crippen molar-refractivity contribution in [3.8, 4) is 16.9 Å². The molecule has 1 heterocycles. The molecule has 18 heavy (non-hydrogen) atoms. The first-order valence-corrected chi connectivity index (χ1v) is 5.94. The minimum atomic E-state index is 0.323. The predicted octanol–water partition coefficient (Wildman–Crippen LogP) is 3.36. The Balaban J connectivity index is 2.72. The minimum Gasteiger partial charge on any atom is -0.496 e. The number of ether oxygens (including phenoxy) is 1. The summed E-state index contributed by atoms with van der Waals surface area (Å²) in [4.78, 5) is 0. The molecule has 4 nitrogen and oxygen atoms in total. The summed E-state index contributed by atoms with van der Waals surface area (Å²) in [6, 6.07) is 4.06. The molecule has 0 unspecified atom stereocenters. The van der Waals surface area contributed by atoms with Crippen molar-refractivity contribution in [2.75, 3.05) is 12.8 Å². The van der Waals surface area contributed by atoms with Crippen LogP contribution in [-0.4, -0.2) is 12.3 Å². The highest BCUT2D eigenvalue weighted by Gasteiger charge is 2.19. The first-order valence-electron chi connectivity index (χ1n) is 5.94. The second-order valence-corrected chi connectivity index (χ2v) is 4.64. The first-order chi connectivity index (χ1) is 8.56. The van der Waals surface area contributed by atoms with Crippen molar-refractivity contribution >= 4 is 5.88 Å². The van der Waals surface area contributed by atoms with Crippen LogP contribution < -0.4 is 10.5 Å². The van der Waals surface area contributed by atoms with E-state index >= 15 is 0 Å². The van der Waals surface area contributed by atoms with E-state index in [4.69, 9.17) is 15.0 Å². The molecular formula is C14H18N2O2. The van der Waals surface area contributed by atoms with E-state index in [1.807, 2.05) is 19.1 Å². The molecule has 1 aromatic carbocycles. The highest BCUT2D eigenvalue weighted by atomic mass is 16.5. The van der Waals surface area contributed by atoms with Crippen LogP contribution in [-0.2, 0) is 0 Å². The van der Waals surface area contributed by atoms with Crippen LogP contribution in [0.25, 0.3) is 11.1 Å². The zero-order valence-electron chi connectivity index (χ0n) is 11.2. The highest BCUT2D eigenvalue weighted by Crippen LogP contribution is 2.40. The van der Waals surface area contributed by atoms with Crippen LogP contribution in [0.1, 0.15) is 30.9 Å². The molecular weight excluding hydrogens is 228 g/mol. The van der Waals surface area contributed by atoms with Gasteiger partial charge in [-0.15, -0.1) is 0 Å². The van der Waals surface area contributed by atoms with Crippen molar-refractivity contribution in [1.29, 1.82) is 0 Å². The number of hydrogen-bond donors (Lipinski definition) is 1. The van der Waals surface area contributed by atoms with Crippen LogP contribution in [0.4, 0.5) is 5.88 Å². The van der Waals surface area contributed by atoms with E-state index in [-0.39, 0.29) is 0 Å². The summed E-state index contributed by atoms with van der Waals surface area (Å²) in [7, 11) is 1.69. The summed E-state index contributed by atoms with van der Waals surface area (Å²) in [6.07, 6.45) is 1.64. The molecule has 0 aliphatic carbocycles. The molecule has 0 amide bonds. The molecule has 0 aliphatic rings. The highest BCUT2D eigenvalue weighted by molar-refractivity contribution is 5.77. The number of aryl methyl sites for hydroxylation is 1. The average molecular weight is 246 g/mol. The molecule has 0 bridgehead atoms. The molecule has 0 aliphatic heterocycles. The average Bonchev–Trinajstić information content (AvgIpc) is 2.74. The number of nitrogen functional groups attached to an aromatic ring is 1. The van der Waals surface area contributed by atoms with Crippen molar-refractivity contribution in [2.24, 2.45) is 0 Å². The summed E-state index contributed by atoms with van der Waals surface area (Å²) < 4.78 is 10.5. The quantitative estimate of drug-likeness (QED) is 0.902. The molecule has 0 saturated carbocycles. The van der Waals surface area contributed by atoms with Gasteiger partial charge in [0.15, 0.2) is 0 Å². The van der Waals surface area contributed by atoms with E-state index in [2.05, 4.69) is 19.0 Å². The lowest BCUT2D eigenvalue weighted by Crippen LogP contribution is -2.00. The summed E-state index contributed by atoms with van der Waals surface area (Å²) in [5.74, 6) is 1.56. The predicted molar refractivity (Wildman–Crippen MR) is 71.7 cm³/mol. The molecule has 96 valence electrons. The number of rotatable bonds is 3. The summed E-state index contributed by atoms with van der Waals surface area (Å²) in [5, 5.41) is 3.74. The SMILES string of the molecule is COc1c(C)ccc(-c2cnoc2N)c1C(C)C. The van der Waals surface area contributed by atoms with Gasteiger partial charge in [-0.25, -0.2) is 0 Å². The smallest absolute Gasteiger partial charge is 0.229 e. The van der Waals surface area contributed by atoms with E-state index in [9.17, 15) is 0 Å². The van der Waals surface area contributed by atoms with Gasteiger partial charge in [0.2, 0.25) is 5.88 Å². The maximum atomic E-state index is 5.80. The molecule has 0 spiro atoms. The minimum absolute atomic E-state index is 0.323. The van der Waals surface area contributed by atoms with Gasteiger partial charge in [-0.1, -0.05) is 31.1 Å². The Labute approximate surface area is 107 Å². The Morgan fingerprint density at radius 3 is 2.50 bits per heavy atom. The summed E-state index contributed by atoms with van der Waals surface area (Å²) in [5.41, 5.74) is 9.88. The van der Waals surface area contributed by atoms with Crippen molar-refractivity contribution in [2.45, 2.75) is 26.7 Å². The van der Waals surface area contributed by atoms with Gasteiger partial charge in [0, 0.05) is 5.56 Å². The van der Waals surface area contributed by atoms with Gasteiger partial charge in [0.1, 0.15) is 5.75 Å². The number of nitrogens with two attached hydrogens (primary N) is 1. The van der Waals surface area contributed by atoms with Crippen LogP contribution in [0.2, 0.25) is 0 Å². The molecule has 0 saturated heterocycles. The zero-order valence-corrected chi connectivity index (χ0v) is 11.2. The lowest BCUT2D eigenvalue weighted by molar-refractivity contribution is 0.404. The number of aromatic nitrogens is 1. The van der Waals surface area contributed by atoms with Gasteiger partial charge < -0.3 is 15.0 Å². The number of nitrogens with zero attached hydrogens (tertiary/aromatic N) is 1. The monoisotopic (exact) mass is 246 g/mol. The molecule has 0 atom stereocenters. The van der Waals surface area contributed by atoms with Gasteiger partial charge in [-0.3, -0.25) is 0 Å². The molecule has 2 N–H and O–H groups in total. The fraction of sp³-hybridized carbons (Fsp3) is 0.357. The van der Waals surface area contributed by atoms with E-state index in [1.54, 1.807) is 13.3 Å². The van der Waals surface area contributed by atoms with E-state index < -0.39 is 0 Å². The number of anilines is 1. The molecule has 0 fully saturated rings. The fourth-order valence-corrected chi connectivity index (χ4v) is 2.24. The van der Waals surface area contributed by atoms with Gasteiger partial charge in [0.05, 0.1) is 18.9 Å². The second-order valence-electron chi connectivity index (χ2n) is 4.64. The lowest BCUT2D eigenvalue weighted by atomic mass is 9.91. The molecule has 4 heteroatoms. The number of methoxy groups -OCH3 is 1. The second kappa shape index (κ2) is 4.72. The third-order valence-electron chi connectivity index (χ3n) is 3.06. The van der Waals surface area contributed by atoms with Gasteiger partial charge >= 0.3 is 0 Å². The topological polar surface area (TPSA) is 61.3 Å². The lowest BCUT2D eigenvalue weighted by Gasteiger charge is -2.18. The third-order valence-corrected chi connectivity index (χ3v) is 3.06. The Morgan fingerprint density at radius 2 is 2.00 bits per heavy atom. The van der Waals surface area contributed by atoms with Gasteiger partial charge in [-0.2, -0.15) is 0 Å². The van der Waals surface area contributed by atoms with Crippen molar-refractivity contribution in [1.82, 2.24) is 5.16 Å². The Bertz CT molecular complexity index is 559. The van der Waals surface area contributed by atoms with E-state index in [0.717, 1.165) is 28.0 Å². The molecule has 2 aromatic rings. The maximum absolute atomic E-state index is 5.80. The van der Waals surface area contributed by atoms with Crippen LogP contribution in [0.5, 0.6) is 5.75 Å². The van der Waals surface area contributed by atoms with Crippen LogP contribution >= 0.6 is 0 Å². The normalized spacial score (nSPS) is 10.9. The maximum Gasteiger partial charge on any atom is 0.229 e. The summed E-state index contributed by atoms with van der Waals surface area (Å²) >= 11 is 0. The first kappa shape index (κ1) is 12.5. The van der Waals surface area contributed by atoms with Gasteiger partial charge in [0.25, 0.3) is 0 Å².